The van der Waals surface area contributed by atoms with Crippen molar-refractivity contribution in [1.29, 1.82) is 0 Å². The lowest BCUT2D eigenvalue weighted by Crippen LogP contribution is -2.06. The van der Waals surface area contributed by atoms with Gasteiger partial charge in [-0.05, 0) is 43.2 Å². The molecule has 1 N–H and O–H groups in total. The van der Waals surface area contributed by atoms with Crippen LogP contribution in [0, 0.1) is 0 Å². The van der Waals surface area contributed by atoms with Gasteiger partial charge in [0.2, 0.25) is 0 Å². The van der Waals surface area contributed by atoms with Gasteiger partial charge in [0, 0.05) is 0 Å². The van der Waals surface area contributed by atoms with Crippen LogP contribution in [0.15, 0.2) is 48.5 Å². The van der Waals surface area contributed by atoms with Gasteiger partial charge < -0.3 is 14.6 Å². The molecule has 0 bridgehead atoms. The molecule has 2 aromatic rings. The second-order valence-electron chi connectivity index (χ2n) is 5.31. The number of aliphatic carboxylic acids is 1. The number of hydrogen-bond acceptors (Lipinski definition) is 3. The molecule has 23 heavy (non-hydrogen) atoms. The van der Waals surface area contributed by atoms with Crippen LogP contribution in [0.2, 0.25) is 0 Å². The Kier molecular flexibility index (Phi) is 5.41. The summed E-state index contributed by atoms with van der Waals surface area (Å²) >= 11 is 0. The predicted octanol–water partition coefficient (Wildman–Crippen LogP) is 4.11. The Bertz CT molecular complexity index is 703. The summed E-state index contributed by atoms with van der Waals surface area (Å²) in [4.78, 5) is 11.5. The van der Waals surface area contributed by atoms with E-state index < -0.39 is 5.97 Å². The van der Waals surface area contributed by atoms with Crippen LogP contribution in [0.1, 0.15) is 25.0 Å². The highest BCUT2D eigenvalue weighted by atomic mass is 16.5. The Hall–Kier alpha value is -2.75. The molecule has 2 rings (SSSR count). The van der Waals surface area contributed by atoms with E-state index in [1.807, 2.05) is 38.1 Å². The average Bonchev–Trinajstić information content (AvgIpc) is 2.53. The van der Waals surface area contributed by atoms with Crippen molar-refractivity contribution in [3.05, 3.63) is 59.7 Å². The van der Waals surface area contributed by atoms with E-state index in [0.29, 0.717) is 17.1 Å². The van der Waals surface area contributed by atoms with Gasteiger partial charge in [0.15, 0.2) is 11.5 Å². The maximum absolute atomic E-state index is 11.5. The molecule has 4 nitrogen and oxygen atoms in total. The summed E-state index contributed by atoms with van der Waals surface area (Å²) < 4.78 is 11.0. The van der Waals surface area contributed by atoms with Crippen molar-refractivity contribution in [3.8, 4) is 11.5 Å². The van der Waals surface area contributed by atoms with Gasteiger partial charge in [0.05, 0.1) is 18.8 Å². The largest absolute Gasteiger partial charge is 0.493 e. The normalized spacial score (nSPS) is 11.4. The monoisotopic (exact) mass is 312 g/mol. The molecule has 0 radical (unpaired) electrons. The van der Waals surface area contributed by atoms with Crippen LogP contribution in [0.3, 0.4) is 0 Å². The Morgan fingerprint density at radius 2 is 1.78 bits per heavy atom. The summed E-state index contributed by atoms with van der Waals surface area (Å²) in [5.41, 5.74) is 1.62. The molecule has 0 spiro atoms. The van der Waals surface area contributed by atoms with Crippen LogP contribution >= 0.6 is 0 Å². The van der Waals surface area contributed by atoms with Gasteiger partial charge in [0.25, 0.3) is 0 Å². The molecule has 0 atom stereocenters. The third-order valence-electron chi connectivity index (χ3n) is 3.18. The lowest BCUT2D eigenvalue weighted by molar-refractivity contribution is -0.130. The van der Waals surface area contributed by atoms with Gasteiger partial charge in [0.1, 0.15) is 0 Å². The standard InChI is InChI=1S/C19H20O4/c1-13(2)23-17-10-9-14(12-18(17)22-3)11-16(19(20)21)15-7-5-4-6-8-15/h4-13H,1-3H3,(H,20,21)/b16-11+. The number of carboxylic acids is 1. The first-order valence-electron chi connectivity index (χ1n) is 7.36. The molecule has 0 amide bonds. The summed E-state index contributed by atoms with van der Waals surface area (Å²) in [6.45, 7) is 3.87. The fourth-order valence-corrected chi connectivity index (χ4v) is 2.18. The van der Waals surface area contributed by atoms with Crippen LogP contribution in [0.5, 0.6) is 11.5 Å². The average molecular weight is 312 g/mol. The van der Waals surface area contributed by atoms with Crippen LogP contribution in [0.25, 0.3) is 11.6 Å². The van der Waals surface area contributed by atoms with E-state index >= 15 is 0 Å². The molecule has 0 aliphatic heterocycles. The molecule has 0 saturated carbocycles. The summed E-state index contributed by atoms with van der Waals surface area (Å²) in [6.07, 6.45) is 1.66. The molecule has 0 saturated heterocycles. The second kappa shape index (κ2) is 7.49. The summed E-state index contributed by atoms with van der Waals surface area (Å²) in [6, 6.07) is 14.4. The van der Waals surface area contributed by atoms with E-state index in [9.17, 15) is 9.90 Å². The SMILES string of the molecule is COc1cc(/C=C(/C(=O)O)c2ccccc2)ccc1OC(C)C. The van der Waals surface area contributed by atoms with Gasteiger partial charge in [-0.2, -0.15) is 0 Å². The molecule has 0 fully saturated rings. The van der Waals surface area contributed by atoms with Crippen LogP contribution in [0.4, 0.5) is 0 Å². The van der Waals surface area contributed by atoms with E-state index in [4.69, 9.17) is 9.47 Å². The van der Waals surface area contributed by atoms with Gasteiger partial charge in [-0.1, -0.05) is 36.4 Å². The van der Waals surface area contributed by atoms with Gasteiger partial charge in [-0.25, -0.2) is 4.79 Å². The predicted molar refractivity (Wildman–Crippen MR) is 90.7 cm³/mol. The second-order valence-corrected chi connectivity index (χ2v) is 5.31. The number of rotatable bonds is 6. The summed E-state index contributed by atoms with van der Waals surface area (Å²) in [5.74, 6) is 0.235. The van der Waals surface area contributed by atoms with Crippen molar-refractivity contribution < 1.29 is 19.4 Å². The number of carboxylic acid groups (broad SMARTS) is 1. The molecule has 2 aromatic carbocycles. The molecule has 0 unspecified atom stereocenters. The van der Waals surface area contributed by atoms with E-state index in [1.54, 1.807) is 37.5 Å². The first-order chi connectivity index (χ1) is 11.0. The Morgan fingerprint density at radius 1 is 1.09 bits per heavy atom. The molecular formula is C19H20O4. The van der Waals surface area contributed by atoms with Gasteiger partial charge in [-0.15, -0.1) is 0 Å². The number of methoxy groups -OCH3 is 1. The summed E-state index contributed by atoms with van der Waals surface area (Å²) in [7, 11) is 1.56. The third-order valence-corrected chi connectivity index (χ3v) is 3.18. The quantitative estimate of drug-likeness (QED) is 0.644. The first kappa shape index (κ1) is 16.6. The van der Waals surface area contributed by atoms with Crippen molar-refractivity contribution in [1.82, 2.24) is 0 Å². The minimum atomic E-state index is -0.974. The Morgan fingerprint density at radius 3 is 2.35 bits per heavy atom. The third kappa shape index (κ3) is 4.36. The van der Waals surface area contributed by atoms with Gasteiger partial charge in [-0.3, -0.25) is 0 Å². The number of benzene rings is 2. The smallest absolute Gasteiger partial charge is 0.336 e. The molecule has 0 aliphatic carbocycles. The zero-order chi connectivity index (χ0) is 16.8. The molecular weight excluding hydrogens is 292 g/mol. The van der Waals surface area contributed by atoms with Crippen molar-refractivity contribution >= 4 is 17.6 Å². The molecule has 120 valence electrons. The maximum Gasteiger partial charge on any atom is 0.336 e. The lowest BCUT2D eigenvalue weighted by atomic mass is 10.0. The number of hydrogen-bond donors (Lipinski definition) is 1. The van der Waals surface area contributed by atoms with Crippen molar-refractivity contribution in [2.24, 2.45) is 0 Å². The molecule has 4 heteroatoms. The minimum absolute atomic E-state index is 0.0317. The fraction of sp³-hybridized carbons (Fsp3) is 0.211. The van der Waals surface area contributed by atoms with E-state index in [2.05, 4.69) is 0 Å². The van der Waals surface area contributed by atoms with Crippen LogP contribution < -0.4 is 9.47 Å². The van der Waals surface area contributed by atoms with E-state index in [0.717, 1.165) is 5.56 Å². The van der Waals surface area contributed by atoms with Crippen molar-refractivity contribution in [3.63, 3.8) is 0 Å². The zero-order valence-corrected chi connectivity index (χ0v) is 13.4. The molecule has 0 aliphatic rings. The summed E-state index contributed by atoms with van der Waals surface area (Å²) in [5, 5.41) is 9.46. The van der Waals surface area contributed by atoms with Crippen molar-refractivity contribution in [2.75, 3.05) is 7.11 Å². The lowest BCUT2D eigenvalue weighted by Gasteiger charge is -2.14. The van der Waals surface area contributed by atoms with E-state index in [1.165, 1.54) is 0 Å². The van der Waals surface area contributed by atoms with E-state index in [-0.39, 0.29) is 11.7 Å². The number of carbonyl (C=O) groups is 1. The van der Waals surface area contributed by atoms with Crippen LogP contribution in [-0.2, 0) is 4.79 Å². The van der Waals surface area contributed by atoms with Crippen LogP contribution in [-0.4, -0.2) is 24.3 Å². The minimum Gasteiger partial charge on any atom is -0.493 e. The number of ether oxygens (including phenoxy) is 2. The Balaban J connectivity index is 2.42. The highest BCUT2D eigenvalue weighted by molar-refractivity contribution is 6.20. The highest BCUT2D eigenvalue weighted by Gasteiger charge is 2.12. The zero-order valence-electron chi connectivity index (χ0n) is 13.4. The topological polar surface area (TPSA) is 55.8 Å². The first-order valence-corrected chi connectivity index (χ1v) is 7.36. The van der Waals surface area contributed by atoms with Gasteiger partial charge >= 0.3 is 5.97 Å². The van der Waals surface area contributed by atoms with Crippen molar-refractivity contribution in [2.45, 2.75) is 20.0 Å². The maximum atomic E-state index is 11.5. The highest BCUT2D eigenvalue weighted by Crippen LogP contribution is 2.30. The molecule has 0 aromatic heterocycles. The fourth-order valence-electron chi connectivity index (χ4n) is 2.18. The molecule has 0 heterocycles. The Labute approximate surface area is 136 Å².